The first-order valence-electron chi connectivity index (χ1n) is 10.7. The van der Waals surface area contributed by atoms with Crippen LogP contribution in [0.15, 0.2) is 54.6 Å². The molecule has 0 saturated carbocycles. The second-order valence-electron chi connectivity index (χ2n) is 7.98. The van der Waals surface area contributed by atoms with Gasteiger partial charge in [-0.05, 0) is 30.2 Å². The van der Waals surface area contributed by atoms with Gasteiger partial charge in [0.25, 0.3) is 0 Å². The van der Waals surface area contributed by atoms with Crippen molar-refractivity contribution in [3.63, 3.8) is 0 Å². The molecule has 1 aliphatic heterocycles. The van der Waals surface area contributed by atoms with E-state index in [1.807, 2.05) is 37.3 Å². The molecule has 2 aromatic rings. The Labute approximate surface area is 190 Å². The van der Waals surface area contributed by atoms with E-state index in [2.05, 4.69) is 5.32 Å². The minimum Gasteiger partial charge on any atom is -0.347 e. The topological polar surface area (TPSA) is 69.7 Å². The molecule has 1 atom stereocenters. The molecular formula is C24H26F3N3O3. The highest BCUT2D eigenvalue weighted by Gasteiger charge is 2.35. The molecule has 176 valence electrons. The Bertz CT molecular complexity index is 995. The van der Waals surface area contributed by atoms with Crippen LogP contribution in [-0.4, -0.2) is 47.2 Å². The van der Waals surface area contributed by atoms with Crippen LogP contribution < -0.4 is 5.32 Å². The maximum atomic E-state index is 12.9. The predicted molar refractivity (Wildman–Crippen MR) is 116 cm³/mol. The summed E-state index contributed by atoms with van der Waals surface area (Å²) >= 11 is 0. The minimum absolute atomic E-state index is 0.00779. The van der Waals surface area contributed by atoms with E-state index >= 15 is 0 Å². The van der Waals surface area contributed by atoms with Crippen molar-refractivity contribution in [1.82, 2.24) is 15.1 Å². The molecule has 1 aliphatic rings. The summed E-state index contributed by atoms with van der Waals surface area (Å²) in [5, 5.41) is 2.60. The quantitative estimate of drug-likeness (QED) is 0.657. The molecule has 1 heterocycles. The van der Waals surface area contributed by atoms with Crippen molar-refractivity contribution in [2.24, 2.45) is 5.92 Å². The number of nitrogens with one attached hydrogen (secondary N) is 1. The molecule has 6 nitrogen and oxygen atoms in total. The maximum Gasteiger partial charge on any atom is 0.416 e. The number of hydrogen-bond acceptors (Lipinski definition) is 3. The summed E-state index contributed by atoms with van der Waals surface area (Å²) in [5.41, 5.74) is 0.537. The normalized spacial score (nSPS) is 16.1. The molecule has 2 aromatic carbocycles. The molecule has 0 bridgehead atoms. The van der Waals surface area contributed by atoms with Crippen LogP contribution >= 0.6 is 0 Å². The smallest absolute Gasteiger partial charge is 0.347 e. The van der Waals surface area contributed by atoms with E-state index in [4.69, 9.17) is 0 Å². The van der Waals surface area contributed by atoms with Gasteiger partial charge in [-0.25, -0.2) is 0 Å². The van der Waals surface area contributed by atoms with Gasteiger partial charge in [0.15, 0.2) is 0 Å². The van der Waals surface area contributed by atoms with E-state index in [-0.39, 0.29) is 37.9 Å². The summed E-state index contributed by atoms with van der Waals surface area (Å²) in [6, 6.07) is 14.3. The van der Waals surface area contributed by atoms with Crippen molar-refractivity contribution in [3.05, 3.63) is 71.3 Å². The Balaban J connectivity index is 1.52. The first kappa shape index (κ1) is 24.3. The van der Waals surface area contributed by atoms with Gasteiger partial charge in [-0.1, -0.05) is 42.5 Å². The van der Waals surface area contributed by atoms with E-state index in [9.17, 15) is 27.6 Å². The van der Waals surface area contributed by atoms with Crippen molar-refractivity contribution in [1.29, 1.82) is 0 Å². The lowest BCUT2D eigenvalue weighted by atomic mass is 10.1. The van der Waals surface area contributed by atoms with Gasteiger partial charge in [0.1, 0.15) is 0 Å². The fourth-order valence-electron chi connectivity index (χ4n) is 3.77. The van der Waals surface area contributed by atoms with Gasteiger partial charge in [-0.3, -0.25) is 14.4 Å². The number of nitrogens with zero attached hydrogens (tertiary/aromatic N) is 2. The average Bonchev–Trinajstić information content (AvgIpc) is 3.16. The van der Waals surface area contributed by atoms with Crippen LogP contribution in [0.1, 0.15) is 30.0 Å². The average molecular weight is 461 g/mol. The van der Waals surface area contributed by atoms with Crippen LogP contribution in [0, 0.1) is 5.92 Å². The summed E-state index contributed by atoms with van der Waals surface area (Å²) in [5.74, 6) is -1.61. The molecular weight excluding hydrogens is 435 g/mol. The van der Waals surface area contributed by atoms with Crippen LogP contribution in [0.5, 0.6) is 0 Å². The zero-order valence-corrected chi connectivity index (χ0v) is 18.3. The SMILES string of the molecule is CCN(Cc1ccccc1)C(=O)CNC(=O)C1CC(=O)N(Cc2cccc(C(F)(F)F)c2)C1. The fourth-order valence-corrected chi connectivity index (χ4v) is 3.77. The summed E-state index contributed by atoms with van der Waals surface area (Å²) in [4.78, 5) is 40.4. The van der Waals surface area contributed by atoms with Gasteiger partial charge < -0.3 is 15.1 Å². The molecule has 0 spiro atoms. The lowest BCUT2D eigenvalue weighted by molar-refractivity contribution is -0.137. The molecule has 1 saturated heterocycles. The summed E-state index contributed by atoms with van der Waals surface area (Å²) < 4.78 is 38.7. The molecule has 1 fully saturated rings. The highest BCUT2D eigenvalue weighted by molar-refractivity contribution is 5.91. The number of alkyl halides is 3. The molecule has 1 unspecified atom stereocenters. The van der Waals surface area contributed by atoms with Crippen LogP contribution in [0.25, 0.3) is 0 Å². The van der Waals surface area contributed by atoms with E-state index in [0.717, 1.165) is 17.7 Å². The van der Waals surface area contributed by atoms with E-state index in [1.54, 1.807) is 4.90 Å². The second kappa shape index (κ2) is 10.5. The number of likely N-dealkylation sites (tertiary alicyclic amines) is 1. The Hall–Kier alpha value is -3.36. The zero-order valence-electron chi connectivity index (χ0n) is 18.3. The highest BCUT2D eigenvalue weighted by Crippen LogP contribution is 2.30. The predicted octanol–water partition coefficient (Wildman–Crippen LogP) is 3.22. The third kappa shape index (κ3) is 6.57. The van der Waals surface area contributed by atoms with Crippen molar-refractivity contribution >= 4 is 17.7 Å². The van der Waals surface area contributed by atoms with Crippen LogP contribution in [0.4, 0.5) is 13.2 Å². The van der Waals surface area contributed by atoms with Gasteiger partial charge in [0.05, 0.1) is 18.0 Å². The summed E-state index contributed by atoms with van der Waals surface area (Å²) in [6.07, 6.45) is -4.51. The van der Waals surface area contributed by atoms with Crippen molar-refractivity contribution in [2.75, 3.05) is 19.6 Å². The van der Waals surface area contributed by atoms with Gasteiger partial charge >= 0.3 is 6.18 Å². The Morgan fingerprint density at radius 3 is 2.45 bits per heavy atom. The van der Waals surface area contributed by atoms with Crippen molar-refractivity contribution in [3.8, 4) is 0 Å². The number of amides is 3. The molecule has 0 aliphatic carbocycles. The third-order valence-corrected chi connectivity index (χ3v) is 5.58. The lowest BCUT2D eigenvalue weighted by Crippen LogP contribution is -2.42. The molecule has 9 heteroatoms. The minimum atomic E-state index is -4.47. The van der Waals surface area contributed by atoms with E-state index in [1.165, 1.54) is 17.0 Å². The summed E-state index contributed by atoms with van der Waals surface area (Å²) in [6.45, 7) is 2.67. The zero-order chi connectivity index (χ0) is 24.0. The Morgan fingerprint density at radius 1 is 1.09 bits per heavy atom. The fraction of sp³-hybridized carbons (Fsp3) is 0.375. The number of hydrogen-bond donors (Lipinski definition) is 1. The van der Waals surface area contributed by atoms with Gasteiger partial charge in [0, 0.05) is 32.6 Å². The number of likely N-dealkylation sites (N-methyl/N-ethyl adjacent to an activating group) is 1. The van der Waals surface area contributed by atoms with Gasteiger partial charge in [0.2, 0.25) is 17.7 Å². The largest absolute Gasteiger partial charge is 0.416 e. The third-order valence-electron chi connectivity index (χ3n) is 5.58. The van der Waals surface area contributed by atoms with Crippen LogP contribution in [-0.2, 0) is 33.6 Å². The molecule has 0 radical (unpaired) electrons. The van der Waals surface area contributed by atoms with Gasteiger partial charge in [-0.2, -0.15) is 13.2 Å². The Kier molecular flexibility index (Phi) is 7.73. The number of carbonyl (C=O) groups is 3. The summed E-state index contributed by atoms with van der Waals surface area (Å²) in [7, 11) is 0. The first-order chi connectivity index (χ1) is 15.7. The number of carbonyl (C=O) groups excluding carboxylic acids is 3. The number of rotatable bonds is 8. The van der Waals surface area contributed by atoms with Crippen LogP contribution in [0.2, 0.25) is 0 Å². The van der Waals surface area contributed by atoms with E-state index in [0.29, 0.717) is 18.7 Å². The molecule has 3 amide bonds. The first-order valence-corrected chi connectivity index (χ1v) is 10.7. The van der Waals surface area contributed by atoms with Crippen LogP contribution in [0.3, 0.4) is 0 Å². The molecule has 33 heavy (non-hydrogen) atoms. The number of halogens is 3. The number of benzene rings is 2. The monoisotopic (exact) mass is 461 g/mol. The highest BCUT2D eigenvalue weighted by atomic mass is 19.4. The standard InChI is InChI=1S/C24H26F3N3O3/c1-2-29(14-17-7-4-3-5-8-17)22(32)13-28-23(33)19-12-21(31)30(16-19)15-18-9-6-10-20(11-18)24(25,26)27/h3-11,19H,2,12-16H2,1H3,(H,28,33). The molecule has 3 rings (SSSR count). The molecule has 1 N–H and O–H groups in total. The Morgan fingerprint density at radius 2 is 1.79 bits per heavy atom. The maximum absolute atomic E-state index is 12.9. The lowest BCUT2D eigenvalue weighted by Gasteiger charge is -2.22. The molecule has 0 aromatic heterocycles. The van der Waals surface area contributed by atoms with Gasteiger partial charge in [-0.15, -0.1) is 0 Å². The van der Waals surface area contributed by atoms with Crippen molar-refractivity contribution < 1.29 is 27.6 Å². The van der Waals surface area contributed by atoms with Crippen molar-refractivity contribution in [2.45, 2.75) is 32.6 Å². The second-order valence-corrected chi connectivity index (χ2v) is 7.98. The van der Waals surface area contributed by atoms with E-state index < -0.39 is 23.6 Å².